The van der Waals surface area contributed by atoms with Gasteiger partial charge in [0.2, 0.25) is 10.0 Å². The van der Waals surface area contributed by atoms with Crippen molar-refractivity contribution in [2.75, 3.05) is 11.8 Å². The fraction of sp³-hybridized carbons (Fsp3) is 0.538. The molecule has 5 nitrogen and oxygen atoms in total. The summed E-state index contributed by atoms with van der Waals surface area (Å²) in [7, 11) is -2.22. The molecule has 1 fully saturated rings. The van der Waals surface area contributed by atoms with Crippen LogP contribution in [0.25, 0.3) is 0 Å². The summed E-state index contributed by atoms with van der Waals surface area (Å²) in [5.41, 5.74) is 0.290. The van der Waals surface area contributed by atoms with Crippen molar-refractivity contribution in [3.8, 4) is 5.75 Å². The van der Waals surface area contributed by atoms with Crippen molar-refractivity contribution >= 4 is 27.3 Å². The Balaban J connectivity index is 2.25. The maximum Gasteiger partial charge on any atom is 0.238 e. The largest absolute Gasteiger partial charge is 0.495 e. The molecule has 7 heteroatoms. The van der Waals surface area contributed by atoms with Gasteiger partial charge in [-0.05, 0) is 31.0 Å². The Morgan fingerprint density at radius 2 is 2.05 bits per heavy atom. The van der Waals surface area contributed by atoms with E-state index in [2.05, 4.69) is 4.72 Å². The third kappa shape index (κ3) is 3.37. The molecule has 0 spiro atoms. The summed E-state index contributed by atoms with van der Waals surface area (Å²) in [5, 5.41) is 9.51. The van der Waals surface area contributed by atoms with Crippen LogP contribution in [0.2, 0.25) is 5.02 Å². The summed E-state index contributed by atoms with van der Waals surface area (Å²) in [6, 6.07) is 4.71. The highest BCUT2D eigenvalue weighted by Gasteiger charge is 2.34. The van der Waals surface area contributed by atoms with Crippen LogP contribution in [0.15, 0.2) is 18.2 Å². The zero-order chi connectivity index (χ0) is 14.8. The van der Waals surface area contributed by atoms with Gasteiger partial charge in [0.25, 0.3) is 0 Å². The summed E-state index contributed by atoms with van der Waals surface area (Å²) in [4.78, 5) is 0. The van der Waals surface area contributed by atoms with E-state index < -0.39 is 21.4 Å². The average molecular weight is 320 g/mol. The van der Waals surface area contributed by atoms with Crippen LogP contribution in [0.3, 0.4) is 0 Å². The van der Waals surface area contributed by atoms with Crippen molar-refractivity contribution in [1.29, 1.82) is 0 Å². The van der Waals surface area contributed by atoms with Crippen molar-refractivity contribution in [2.45, 2.75) is 37.0 Å². The molecule has 1 aliphatic rings. The number of ether oxygens (including phenoxy) is 1. The van der Waals surface area contributed by atoms with E-state index >= 15 is 0 Å². The molecule has 2 atom stereocenters. The number of nitrogens with one attached hydrogen (secondary N) is 1. The molecule has 0 bridgehead atoms. The second kappa shape index (κ2) is 6.20. The molecule has 2 rings (SSSR count). The molecule has 2 unspecified atom stereocenters. The standard InChI is InChI=1S/C13H18ClNO4S/c1-19-12-7-6-9(14)8-10(12)15-20(17,18)13-5-3-2-4-11(13)16/h6-8,11,13,15-16H,2-5H2,1H3. The fourth-order valence-electron chi connectivity index (χ4n) is 2.43. The van der Waals surface area contributed by atoms with Crippen LogP contribution in [0.1, 0.15) is 25.7 Å². The van der Waals surface area contributed by atoms with Gasteiger partial charge in [0.15, 0.2) is 0 Å². The number of hydrogen-bond donors (Lipinski definition) is 2. The first kappa shape index (κ1) is 15.4. The number of anilines is 1. The maximum atomic E-state index is 12.4. The lowest BCUT2D eigenvalue weighted by Gasteiger charge is -2.27. The molecule has 1 aromatic carbocycles. The third-order valence-electron chi connectivity index (χ3n) is 3.48. The van der Waals surface area contributed by atoms with Crippen molar-refractivity contribution in [2.24, 2.45) is 0 Å². The van der Waals surface area contributed by atoms with E-state index in [0.717, 1.165) is 12.8 Å². The van der Waals surface area contributed by atoms with Crippen molar-refractivity contribution in [3.05, 3.63) is 23.2 Å². The minimum atomic E-state index is -3.67. The monoisotopic (exact) mass is 319 g/mol. The Morgan fingerprint density at radius 3 is 2.70 bits per heavy atom. The summed E-state index contributed by atoms with van der Waals surface area (Å²) < 4.78 is 32.3. The average Bonchev–Trinajstić information content (AvgIpc) is 2.39. The second-order valence-electron chi connectivity index (χ2n) is 4.88. The molecular formula is C13H18ClNO4S. The smallest absolute Gasteiger partial charge is 0.238 e. The minimum absolute atomic E-state index is 0.290. The van der Waals surface area contributed by atoms with Crippen LogP contribution >= 0.6 is 11.6 Å². The van der Waals surface area contributed by atoms with Crippen LogP contribution in [-0.4, -0.2) is 32.0 Å². The first-order chi connectivity index (χ1) is 9.44. The Labute approximate surface area is 124 Å². The van der Waals surface area contributed by atoms with Gasteiger partial charge in [-0.25, -0.2) is 8.42 Å². The van der Waals surface area contributed by atoms with Gasteiger partial charge in [-0.1, -0.05) is 24.4 Å². The first-order valence-electron chi connectivity index (χ1n) is 6.47. The normalized spacial score (nSPS) is 23.4. The van der Waals surface area contributed by atoms with E-state index in [1.165, 1.54) is 13.2 Å². The highest BCUT2D eigenvalue weighted by molar-refractivity contribution is 7.93. The van der Waals surface area contributed by atoms with Crippen LogP contribution in [-0.2, 0) is 10.0 Å². The highest BCUT2D eigenvalue weighted by Crippen LogP contribution is 2.31. The summed E-state index contributed by atoms with van der Waals surface area (Å²) in [6.45, 7) is 0. The van der Waals surface area contributed by atoms with Crippen molar-refractivity contribution in [1.82, 2.24) is 0 Å². The van der Waals surface area contributed by atoms with E-state index in [4.69, 9.17) is 16.3 Å². The molecule has 0 heterocycles. The van der Waals surface area contributed by atoms with Crippen molar-refractivity contribution in [3.63, 3.8) is 0 Å². The summed E-state index contributed by atoms with van der Waals surface area (Å²) in [5.74, 6) is 0.392. The van der Waals surface area contributed by atoms with Gasteiger partial charge in [-0.3, -0.25) is 4.72 Å². The van der Waals surface area contributed by atoms with E-state index in [1.54, 1.807) is 12.1 Å². The Bertz CT molecular complexity index is 576. The van der Waals surface area contributed by atoms with Gasteiger partial charge in [0, 0.05) is 5.02 Å². The van der Waals surface area contributed by atoms with Crippen LogP contribution in [0.4, 0.5) is 5.69 Å². The lowest BCUT2D eigenvalue weighted by atomic mass is 9.97. The Kier molecular flexibility index (Phi) is 4.78. The molecule has 20 heavy (non-hydrogen) atoms. The molecule has 0 radical (unpaired) electrons. The number of halogens is 1. The molecule has 0 aliphatic heterocycles. The molecule has 0 amide bonds. The van der Waals surface area contributed by atoms with Gasteiger partial charge in [-0.2, -0.15) is 0 Å². The van der Waals surface area contributed by atoms with Crippen LogP contribution in [0, 0.1) is 0 Å². The number of aliphatic hydroxyl groups excluding tert-OH is 1. The molecule has 1 aromatic rings. The van der Waals surface area contributed by atoms with Crippen LogP contribution < -0.4 is 9.46 Å². The highest BCUT2D eigenvalue weighted by atomic mass is 35.5. The molecule has 0 saturated heterocycles. The fourth-order valence-corrected chi connectivity index (χ4v) is 4.24. The number of methoxy groups -OCH3 is 1. The summed E-state index contributed by atoms with van der Waals surface area (Å²) in [6.07, 6.45) is 1.80. The van der Waals surface area contributed by atoms with Gasteiger partial charge < -0.3 is 9.84 Å². The van der Waals surface area contributed by atoms with E-state index in [1.807, 2.05) is 0 Å². The van der Waals surface area contributed by atoms with E-state index in [-0.39, 0.29) is 5.69 Å². The van der Waals surface area contributed by atoms with Gasteiger partial charge in [0.05, 0.1) is 18.9 Å². The third-order valence-corrected chi connectivity index (χ3v) is 5.57. The summed E-state index contributed by atoms with van der Waals surface area (Å²) >= 11 is 5.88. The molecule has 112 valence electrons. The first-order valence-corrected chi connectivity index (χ1v) is 8.39. The predicted octanol–water partition coefficient (Wildman–Crippen LogP) is 2.39. The minimum Gasteiger partial charge on any atom is -0.495 e. The topological polar surface area (TPSA) is 75.6 Å². The number of rotatable bonds is 4. The predicted molar refractivity (Wildman–Crippen MR) is 78.8 cm³/mol. The number of sulfonamides is 1. The molecule has 1 saturated carbocycles. The zero-order valence-electron chi connectivity index (χ0n) is 11.2. The van der Waals surface area contributed by atoms with Gasteiger partial charge >= 0.3 is 0 Å². The molecule has 2 N–H and O–H groups in total. The van der Waals surface area contributed by atoms with Crippen LogP contribution in [0.5, 0.6) is 5.75 Å². The second-order valence-corrected chi connectivity index (χ2v) is 7.22. The zero-order valence-corrected chi connectivity index (χ0v) is 12.7. The van der Waals surface area contributed by atoms with E-state index in [9.17, 15) is 13.5 Å². The van der Waals surface area contributed by atoms with Gasteiger partial charge in [-0.15, -0.1) is 0 Å². The van der Waals surface area contributed by atoms with Gasteiger partial charge in [0.1, 0.15) is 11.0 Å². The Morgan fingerprint density at radius 1 is 1.35 bits per heavy atom. The lowest BCUT2D eigenvalue weighted by Crippen LogP contribution is -2.40. The number of aliphatic hydroxyl groups is 1. The number of benzene rings is 1. The quantitative estimate of drug-likeness (QED) is 0.893. The Hall–Kier alpha value is -0.980. The maximum absolute atomic E-state index is 12.4. The molecule has 0 aromatic heterocycles. The molecule has 1 aliphatic carbocycles. The number of hydrogen-bond acceptors (Lipinski definition) is 4. The SMILES string of the molecule is COc1ccc(Cl)cc1NS(=O)(=O)C1CCCCC1O. The lowest BCUT2D eigenvalue weighted by molar-refractivity contribution is 0.133. The van der Waals surface area contributed by atoms with Crippen molar-refractivity contribution < 1.29 is 18.3 Å². The molecular weight excluding hydrogens is 302 g/mol. The van der Waals surface area contributed by atoms with E-state index in [0.29, 0.717) is 23.6 Å².